The predicted octanol–water partition coefficient (Wildman–Crippen LogP) is 2.48. The average Bonchev–Trinajstić information content (AvgIpc) is 2.47. The van der Waals surface area contributed by atoms with E-state index >= 15 is 0 Å². The summed E-state index contributed by atoms with van der Waals surface area (Å²) in [6.45, 7) is 0. The second-order valence-corrected chi connectivity index (χ2v) is 6.35. The first kappa shape index (κ1) is 14.5. The van der Waals surface area contributed by atoms with Crippen LogP contribution < -0.4 is 9.50 Å². The molecule has 114 valence electrons. The number of aryl methyl sites for hydroxylation is 1. The van der Waals surface area contributed by atoms with Gasteiger partial charge in [-0.1, -0.05) is 12.1 Å². The molecule has 0 radical (unpaired) electrons. The van der Waals surface area contributed by atoms with Crippen molar-refractivity contribution in [1.82, 2.24) is 0 Å². The van der Waals surface area contributed by atoms with E-state index < -0.39 is 20.8 Å². The molecular weight excluding hydrogens is 309 g/mol. The van der Waals surface area contributed by atoms with Gasteiger partial charge in [0, 0.05) is 12.1 Å². The summed E-state index contributed by atoms with van der Waals surface area (Å²) in [5, 5.41) is 2.69. The minimum Gasteiger partial charge on any atom is -0.379 e. The monoisotopic (exact) mass is 321 g/mol. The van der Waals surface area contributed by atoms with E-state index in [0.717, 1.165) is 17.7 Å². The molecule has 0 fully saturated rings. The summed E-state index contributed by atoms with van der Waals surface area (Å²) in [6.07, 6.45) is 0.828. The van der Waals surface area contributed by atoms with Crippen molar-refractivity contribution >= 4 is 21.7 Å². The molecule has 22 heavy (non-hydrogen) atoms. The first-order valence-corrected chi connectivity index (χ1v) is 7.98. The van der Waals surface area contributed by atoms with E-state index in [1.54, 1.807) is 6.07 Å². The van der Waals surface area contributed by atoms with Gasteiger partial charge in [0.05, 0.1) is 0 Å². The van der Waals surface area contributed by atoms with E-state index in [4.69, 9.17) is 4.18 Å². The SMILES string of the molecule is O=C1CCc2cc(OS(=O)(=O)c3ccccc3F)ccc2N1. The van der Waals surface area contributed by atoms with E-state index in [-0.39, 0.29) is 11.7 Å². The Labute approximate surface area is 126 Å². The fourth-order valence-corrected chi connectivity index (χ4v) is 3.23. The fraction of sp³-hybridized carbons (Fsp3) is 0.133. The molecular formula is C15H12FNO4S. The Morgan fingerprint density at radius 1 is 1.09 bits per heavy atom. The van der Waals surface area contributed by atoms with Crippen LogP contribution in [0.1, 0.15) is 12.0 Å². The zero-order chi connectivity index (χ0) is 15.7. The van der Waals surface area contributed by atoms with Gasteiger partial charge in [0.2, 0.25) is 5.91 Å². The van der Waals surface area contributed by atoms with Gasteiger partial charge in [-0.15, -0.1) is 0 Å². The normalized spacial score (nSPS) is 14.1. The van der Waals surface area contributed by atoms with Crippen LogP contribution in [-0.2, 0) is 21.3 Å². The topological polar surface area (TPSA) is 72.5 Å². The van der Waals surface area contributed by atoms with Crippen molar-refractivity contribution in [1.29, 1.82) is 0 Å². The Hall–Kier alpha value is -2.41. The quantitative estimate of drug-likeness (QED) is 0.882. The van der Waals surface area contributed by atoms with Crippen LogP contribution >= 0.6 is 0 Å². The Morgan fingerprint density at radius 3 is 2.64 bits per heavy atom. The van der Waals surface area contributed by atoms with E-state index in [1.165, 1.54) is 24.3 Å². The Bertz CT molecular complexity index is 848. The maximum atomic E-state index is 13.6. The molecule has 1 amide bonds. The van der Waals surface area contributed by atoms with Crippen LogP contribution in [0.4, 0.5) is 10.1 Å². The van der Waals surface area contributed by atoms with Crippen LogP contribution in [0.5, 0.6) is 5.75 Å². The highest BCUT2D eigenvalue weighted by Crippen LogP contribution is 2.28. The molecule has 2 aromatic carbocycles. The number of hydrogen-bond donors (Lipinski definition) is 1. The Balaban J connectivity index is 1.90. The number of carbonyl (C=O) groups excluding carboxylic acids is 1. The molecule has 1 aliphatic heterocycles. The molecule has 0 unspecified atom stereocenters. The molecule has 7 heteroatoms. The van der Waals surface area contributed by atoms with Crippen LogP contribution in [0, 0.1) is 5.82 Å². The van der Waals surface area contributed by atoms with Gasteiger partial charge in [0.1, 0.15) is 16.5 Å². The van der Waals surface area contributed by atoms with Crippen LogP contribution in [0.2, 0.25) is 0 Å². The molecule has 1 heterocycles. The average molecular weight is 321 g/mol. The maximum absolute atomic E-state index is 13.6. The summed E-state index contributed by atoms with van der Waals surface area (Å²) in [6, 6.07) is 9.54. The number of amides is 1. The molecule has 0 saturated carbocycles. The summed E-state index contributed by atoms with van der Waals surface area (Å²) in [5.41, 5.74) is 1.41. The number of benzene rings is 2. The van der Waals surface area contributed by atoms with Gasteiger partial charge >= 0.3 is 10.1 Å². The zero-order valence-corrected chi connectivity index (χ0v) is 12.2. The lowest BCUT2D eigenvalue weighted by Crippen LogP contribution is -2.19. The molecule has 0 aromatic heterocycles. The summed E-state index contributed by atoms with van der Waals surface area (Å²) in [4.78, 5) is 10.8. The first-order chi connectivity index (χ1) is 10.5. The highest BCUT2D eigenvalue weighted by Gasteiger charge is 2.22. The van der Waals surface area contributed by atoms with Gasteiger partial charge < -0.3 is 9.50 Å². The molecule has 0 bridgehead atoms. The summed E-state index contributed by atoms with van der Waals surface area (Å²) < 4.78 is 42.8. The third-order valence-corrected chi connectivity index (χ3v) is 4.57. The van der Waals surface area contributed by atoms with Gasteiger partial charge in [-0.2, -0.15) is 8.42 Å². The highest BCUT2D eigenvalue weighted by molar-refractivity contribution is 7.87. The molecule has 1 aliphatic rings. The van der Waals surface area contributed by atoms with Crippen LogP contribution in [0.3, 0.4) is 0 Å². The molecule has 2 aromatic rings. The summed E-state index contributed by atoms with van der Waals surface area (Å²) in [7, 11) is -4.24. The van der Waals surface area contributed by atoms with Crippen LogP contribution in [0.25, 0.3) is 0 Å². The number of anilines is 1. The third kappa shape index (κ3) is 2.80. The minimum absolute atomic E-state index is 0.0816. The summed E-state index contributed by atoms with van der Waals surface area (Å²) in [5.74, 6) is -0.869. The van der Waals surface area contributed by atoms with Gasteiger partial charge in [-0.25, -0.2) is 4.39 Å². The predicted molar refractivity (Wildman–Crippen MR) is 77.6 cm³/mol. The van der Waals surface area contributed by atoms with Crippen molar-refractivity contribution < 1.29 is 21.8 Å². The lowest BCUT2D eigenvalue weighted by Gasteiger charge is -2.17. The Morgan fingerprint density at radius 2 is 1.86 bits per heavy atom. The van der Waals surface area contributed by atoms with Crippen molar-refractivity contribution in [3.63, 3.8) is 0 Å². The number of hydrogen-bond acceptors (Lipinski definition) is 4. The Kier molecular flexibility index (Phi) is 3.58. The summed E-state index contributed by atoms with van der Waals surface area (Å²) >= 11 is 0. The van der Waals surface area contributed by atoms with E-state index in [0.29, 0.717) is 18.5 Å². The molecule has 0 aliphatic carbocycles. The number of carbonyl (C=O) groups is 1. The molecule has 3 rings (SSSR count). The van der Waals surface area contributed by atoms with Crippen molar-refractivity contribution in [3.8, 4) is 5.75 Å². The minimum atomic E-state index is -4.24. The number of halogens is 1. The molecule has 0 spiro atoms. The number of rotatable bonds is 3. The second-order valence-electron chi connectivity index (χ2n) is 4.84. The lowest BCUT2D eigenvalue weighted by molar-refractivity contribution is -0.116. The zero-order valence-electron chi connectivity index (χ0n) is 11.4. The van der Waals surface area contributed by atoms with Gasteiger partial charge in [0.15, 0.2) is 0 Å². The molecule has 0 saturated heterocycles. The number of fused-ring (bicyclic) bond motifs is 1. The van der Waals surface area contributed by atoms with Gasteiger partial charge in [-0.3, -0.25) is 4.79 Å². The second kappa shape index (κ2) is 5.42. The molecule has 1 N–H and O–H groups in total. The van der Waals surface area contributed by atoms with E-state index in [1.807, 2.05) is 0 Å². The van der Waals surface area contributed by atoms with Crippen molar-refractivity contribution in [2.75, 3.05) is 5.32 Å². The van der Waals surface area contributed by atoms with Gasteiger partial charge in [0.25, 0.3) is 0 Å². The third-order valence-electron chi connectivity index (χ3n) is 3.28. The van der Waals surface area contributed by atoms with Crippen LogP contribution in [-0.4, -0.2) is 14.3 Å². The number of nitrogens with one attached hydrogen (secondary N) is 1. The van der Waals surface area contributed by atoms with Crippen molar-refractivity contribution in [2.24, 2.45) is 0 Å². The van der Waals surface area contributed by atoms with E-state index in [9.17, 15) is 17.6 Å². The molecule has 0 atom stereocenters. The van der Waals surface area contributed by atoms with Crippen molar-refractivity contribution in [3.05, 3.63) is 53.8 Å². The standard InChI is InChI=1S/C15H12FNO4S/c16-12-3-1-2-4-14(12)22(19,20)21-11-6-7-13-10(9-11)5-8-15(18)17-13/h1-4,6-7,9H,5,8H2,(H,17,18). The fourth-order valence-electron chi connectivity index (χ4n) is 2.23. The first-order valence-electron chi connectivity index (χ1n) is 6.57. The van der Waals surface area contributed by atoms with Crippen LogP contribution in [0.15, 0.2) is 47.4 Å². The van der Waals surface area contributed by atoms with Gasteiger partial charge in [-0.05, 0) is 42.3 Å². The largest absolute Gasteiger partial charge is 0.379 e. The smallest absolute Gasteiger partial charge is 0.342 e. The van der Waals surface area contributed by atoms with E-state index in [2.05, 4.69) is 5.32 Å². The highest BCUT2D eigenvalue weighted by atomic mass is 32.2. The maximum Gasteiger partial charge on any atom is 0.342 e. The lowest BCUT2D eigenvalue weighted by atomic mass is 10.0. The van der Waals surface area contributed by atoms with Crippen molar-refractivity contribution in [2.45, 2.75) is 17.7 Å². The molecule has 5 nitrogen and oxygen atoms in total.